The van der Waals surface area contributed by atoms with E-state index in [9.17, 15) is 14.4 Å². The average molecular weight is 323 g/mol. The molecule has 1 fully saturated rings. The third-order valence-electron chi connectivity index (χ3n) is 3.85. The molecular formula is C18H17N3O3. The van der Waals surface area contributed by atoms with Crippen molar-refractivity contribution in [2.75, 3.05) is 23.3 Å². The van der Waals surface area contributed by atoms with Gasteiger partial charge in [-0.1, -0.05) is 0 Å². The van der Waals surface area contributed by atoms with Crippen LogP contribution in [-0.4, -0.2) is 30.8 Å². The van der Waals surface area contributed by atoms with E-state index in [2.05, 4.69) is 10.6 Å². The molecule has 0 unspecified atom stereocenters. The van der Waals surface area contributed by atoms with Crippen molar-refractivity contribution in [3.05, 3.63) is 59.7 Å². The van der Waals surface area contributed by atoms with Gasteiger partial charge in [0.15, 0.2) is 5.78 Å². The van der Waals surface area contributed by atoms with Crippen LogP contribution >= 0.6 is 0 Å². The number of carbonyl (C=O) groups excluding carboxylic acids is 3. The number of nitrogens with zero attached hydrogens (tertiary/aromatic N) is 1. The first-order valence-corrected chi connectivity index (χ1v) is 7.62. The second-order valence-corrected chi connectivity index (χ2v) is 5.52. The van der Waals surface area contributed by atoms with Crippen LogP contribution in [-0.2, 0) is 0 Å². The van der Waals surface area contributed by atoms with Crippen LogP contribution in [0.15, 0.2) is 48.5 Å². The summed E-state index contributed by atoms with van der Waals surface area (Å²) in [7, 11) is 0. The number of ketones is 1. The Kier molecular flexibility index (Phi) is 4.29. The summed E-state index contributed by atoms with van der Waals surface area (Å²) in [5, 5.41) is 5.51. The van der Waals surface area contributed by atoms with Gasteiger partial charge in [-0.3, -0.25) is 14.5 Å². The van der Waals surface area contributed by atoms with Gasteiger partial charge in [0.2, 0.25) is 0 Å². The van der Waals surface area contributed by atoms with Crippen LogP contribution in [0.3, 0.4) is 0 Å². The Balaban J connectivity index is 1.68. The molecule has 3 rings (SSSR count). The van der Waals surface area contributed by atoms with E-state index in [0.29, 0.717) is 29.9 Å². The number of carbonyl (C=O) groups is 3. The van der Waals surface area contributed by atoms with E-state index in [4.69, 9.17) is 0 Å². The van der Waals surface area contributed by atoms with Crippen LogP contribution in [0.1, 0.15) is 27.6 Å². The van der Waals surface area contributed by atoms with Crippen molar-refractivity contribution in [1.82, 2.24) is 5.32 Å². The molecule has 0 aromatic heterocycles. The Labute approximate surface area is 139 Å². The van der Waals surface area contributed by atoms with Crippen molar-refractivity contribution >= 4 is 29.1 Å². The number of anilines is 2. The highest BCUT2D eigenvalue weighted by Gasteiger charge is 2.21. The molecule has 24 heavy (non-hydrogen) atoms. The van der Waals surface area contributed by atoms with Gasteiger partial charge in [0.1, 0.15) is 0 Å². The number of urea groups is 1. The molecule has 6 heteroatoms. The van der Waals surface area contributed by atoms with E-state index in [-0.39, 0.29) is 17.7 Å². The number of rotatable bonds is 4. The smallest absolute Gasteiger partial charge is 0.321 e. The third-order valence-corrected chi connectivity index (χ3v) is 3.85. The molecule has 0 spiro atoms. The van der Waals surface area contributed by atoms with E-state index in [1.165, 1.54) is 6.92 Å². The second-order valence-electron chi connectivity index (χ2n) is 5.52. The lowest BCUT2D eigenvalue weighted by molar-refractivity contribution is 0.101. The monoisotopic (exact) mass is 323 g/mol. The number of Topliss-reactive ketones (excluding diaryl/α,β-unsaturated/α-hetero) is 1. The van der Waals surface area contributed by atoms with Crippen LogP contribution in [0.4, 0.5) is 16.2 Å². The van der Waals surface area contributed by atoms with Gasteiger partial charge in [-0.15, -0.1) is 0 Å². The maximum atomic E-state index is 12.3. The number of nitrogens with one attached hydrogen (secondary N) is 2. The minimum atomic E-state index is -0.247. The molecule has 0 saturated carbocycles. The molecule has 0 radical (unpaired) electrons. The molecule has 1 aliphatic heterocycles. The summed E-state index contributed by atoms with van der Waals surface area (Å²) in [6.07, 6.45) is 0. The van der Waals surface area contributed by atoms with Crippen LogP contribution in [0.2, 0.25) is 0 Å². The van der Waals surface area contributed by atoms with Crippen molar-refractivity contribution in [2.24, 2.45) is 0 Å². The second kappa shape index (κ2) is 6.54. The van der Waals surface area contributed by atoms with Crippen LogP contribution in [0.25, 0.3) is 0 Å². The van der Waals surface area contributed by atoms with E-state index < -0.39 is 0 Å². The fourth-order valence-electron chi connectivity index (χ4n) is 2.50. The van der Waals surface area contributed by atoms with E-state index in [1.807, 2.05) is 0 Å². The zero-order valence-corrected chi connectivity index (χ0v) is 13.2. The predicted octanol–water partition coefficient (Wildman–Crippen LogP) is 2.67. The van der Waals surface area contributed by atoms with E-state index in [0.717, 1.165) is 5.69 Å². The van der Waals surface area contributed by atoms with Crippen LogP contribution < -0.4 is 15.5 Å². The molecule has 0 bridgehead atoms. The zero-order valence-electron chi connectivity index (χ0n) is 13.2. The number of hydrogen-bond acceptors (Lipinski definition) is 3. The molecule has 0 atom stereocenters. The van der Waals surface area contributed by atoms with Crippen LogP contribution in [0.5, 0.6) is 0 Å². The summed E-state index contributed by atoms with van der Waals surface area (Å²) in [5.74, 6) is -0.266. The largest absolute Gasteiger partial charge is 0.336 e. The Morgan fingerprint density at radius 1 is 1.00 bits per heavy atom. The van der Waals surface area contributed by atoms with Crippen molar-refractivity contribution in [1.29, 1.82) is 0 Å². The fraction of sp³-hybridized carbons (Fsp3) is 0.167. The number of amides is 3. The highest BCUT2D eigenvalue weighted by Crippen LogP contribution is 2.18. The molecular weight excluding hydrogens is 306 g/mol. The minimum Gasteiger partial charge on any atom is -0.336 e. The molecule has 2 N–H and O–H groups in total. The fourth-order valence-corrected chi connectivity index (χ4v) is 2.50. The lowest BCUT2D eigenvalue weighted by Gasteiger charge is -2.14. The lowest BCUT2D eigenvalue weighted by atomic mass is 10.1. The molecule has 2 aromatic carbocycles. The van der Waals surface area contributed by atoms with Gasteiger partial charge < -0.3 is 10.6 Å². The van der Waals surface area contributed by atoms with Gasteiger partial charge >= 0.3 is 6.03 Å². The molecule has 122 valence electrons. The first kappa shape index (κ1) is 15.7. The van der Waals surface area contributed by atoms with E-state index in [1.54, 1.807) is 53.4 Å². The Morgan fingerprint density at radius 2 is 1.62 bits per heavy atom. The average Bonchev–Trinajstić information content (AvgIpc) is 3.01. The van der Waals surface area contributed by atoms with Gasteiger partial charge in [0, 0.05) is 35.6 Å². The SMILES string of the molecule is CC(=O)c1ccc(NC(=O)c2ccc(N3CCNC3=O)cc2)cc1. The van der Waals surface area contributed by atoms with E-state index >= 15 is 0 Å². The van der Waals surface area contributed by atoms with Crippen molar-refractivity contribution < 1.29 is 14.4 Å². The standard InChI is InChI=1S/C18H17N3O3/c1-12(22)13-2-6-15(7-3-13)20-17(23)14-4-8-16(9-5-14)21-11-10-19-18(21)24/h2-9H,10-11H2,1H3,(H,19,24)(H,20,23). The van der Waals surface area contributed by atoms with Crippen molar-refractivity contribution in [3.63, 3.8) is 0 Å². The summed E-state index contributed by atoms with van der Waals surface area (Å²) < 4.78 is 0. The van der Waals surface area contributed by atoms with Gasteiger partial charge in [0.25, 0.3) is 5.91 Å². The topological polar surface area (TPSA) is 78.5 Å². The van der Waals surface area contributed by atoms with Crippen LogP contribution in [0, 0.1) is 0 Å². The maximum absolute atomic E-state index is 12.3. The molecule has 1 aliphatic rings. The van der Waals surface area contributed by atoms with Gasteiger partial charge in [0.05, 0.1) is 0 Å². The number of hydrogen-bond donors (Lipinski definition) is 2. The molecule has 3 amide bonds. The minimum absolute atomic E-state index is 0.0191. The first-order chi connectivity index (χ1) is 11.5. The van der Waals surface area contributed by atoms with Crippen molar-refractivity contribution in [2.45, 2.75) is 6.92 Å². The van der Waals surface area contributed by atoms with Gasteiger partial charge in [-0.05, 0) is 55.5 Å². The summed E-state index contributed by atoms with van der Waals surface area (Å²) in [6, 6.07) is 13.5. The molecule has 2 aromatic rings. The quantitative estimate of drug-likeness (QED) is 0.849. The van der Waals surface area contributed by atoms with Crippen molar-refractivity contribution in [3.8, 4) is 0 Å². The lowest BCUT2D eigenvalue weighted by Crippen LogP contribution is -2.27. The maximum Gasteiger partial charge on any atom is 0.321 e. The molecule has 6 nitrogen and oxygen atoms in total. The summed E-state index contributed by atoms with van der Waals surface area (Å²) >= 11 is 0. The zero-order chi connectivity index (χ0) is 17.1. The highest BCUT2D eigenvalue weighted by molar-refractivity contribution is 6.05. The number of benzene rings is 2. The van der Waals surface area contributed by atoms with Gasteiger partial charge in [-0.25, -0.2) is 4.79 Å². The molecule has 1 heterocycles. The molecule has 1 saturated heterocycles. The normalized spacial score (nSPS) is 13.5. The predicted molar refractivity (Wildman–Crippen MR) is 91.6 cm³/mol. The highest BCUT2D eigenvalue weighted by atomic mass is 16.2. The summed E-state index contributed by atoms with van der Waals surface area (Å²) in [4.78, 5) is 36.8. The third kappa shape index (κ3) is 3.27. The Bertz CT molecular complexity index is 782. The summed E-state index contributed by atoms with van der Waals surface area (Å²) in [5.41, 5.74) is 2.47. The first-order valence-electron chi connectivity index (χ1n) is 7.62. The van der Waals surface area contributed by atoms with Gasteiger partial charge in [-0.2, -0.15) is 0 Å². The molecule has 0 aliphatic carbocycles. The Morgan fingerprint density at radius 3 is 2.17 bits per heavy atom. The Hall–Kier alpha value is -3.15. The summed E-state index contributed by atoms with van der Waals surface area (Å²) in [6.45, 7) is 2.74.